The quantitative estimate of drug-likeness (QED) is 0.911. The maximum atomic E-state index is 12.9. The van der Waals surface area contributed by atoms with Crippen molar-refractivity contribution in [2.75, 3.05) is 39.4 Å². The standard InChI is InChI=1S/C18H24N4O2/c1-12-10-22(11-17(12)21-5-7-24-8-6-21)18(23)14-3-4-15-16(9-14)20-13(2)19-15/h3-4,9,12,17H,5-8,10-11H2,1-2H3,(H,19,20). The number of fused-ring (bicyclic) bond motifs is 1. The Labute approximate surface area is 141 Å². The Balaban J connectivity index is 1.51. The van der Waals surface area contributed by atoms with Crippen molar-refractivity contribution in [2.24, 2.45) is 5.92 Å². The van der Waals surface area contributed by atoms with Crippen LogP contribution in [0, 0.1) is 12.8 Å². The van der Waals surface area contributed by atoms with Gasteiger partial charge in [-0.15, -0.1) is 0 Å². The number of nitrogens with zero attached hydrogens (tertiary/aromatic N) is 3. The molecule has 2 aliphatic rings. The molecule has 0 spiro atoms. The molecule has 1 amide bonds. The second kappa shape index (κ2) is 6.18. The molecule has 24 heavy (non-hydrogen) atoms. The smallest absolute Gasteiger partial charge is 0.253 e. The Hall–Kier alpha value is -1.92. The molecule has 6 nitrogen and oxygen atoms in total. The highest BCUT2D eigenvalue weighted by Crippen LogP contribution is 2.25. The van der Waals surface area contributed by atoms with Crippen LogP contribution in [0.25, 0.3) is 11.0 Å². The first-order valence-electron chi connectivity index (χ1n) is 8.69. The summed E-state index contributed by atoms with van der Waals surface area (Å²) in [5.74, 6) is 1.48. The normalized spacial score (nSPS) is 25.5. The predicted molar refractivity (Wildman–Crippen MR) is 92.1 cm³/mol. The minimum atomic E-state index is 0.117. The number of morpholine rings is 1. The van der Waals surface area contributed by atoms with E-state index in [2.05, 4.69) is 21.8 Å². The summed E-state index contributed by atoms with van der Waals surface area (Å²) in [5.41, 5.74) is 2.57. The predicted octanol–water partition coefficient (Wildman–Crippen LogP) is 1.66. The molecule has 2 unspecified atom stereocenters. The fourth-order valence-electron chi connectivity index (χ4n) is 3.95. The lowest BCUT2D eigenvalue weighted by Gasteiger charge is -2.33. The SMILES string of the molecule is Cc1nc2ccc(C(=O)N3CC(C)C(N4CCOCC4)C3)cc2[nH]1. The van der Waals surface area contributed by atoms with Gasteiger partial charge in [-0.25, -0.2) is 4.98 Å². The number of benzene rings is 1. The second-order valence-electron chi connectivity index (χ2n) is 6.96. The molecule has 2 aromatic rings. The lowest BCUT2D eigenvalue weighted by molar-refractivity contribution is 0.0119. The summed E-state index contributed by atoms with van der Waals surface area (Å²) in [7, 11) is 0. The van der Waals surface area contributed by atoms with Crippen LogP contribution in [0.3, 0.4) is 0 Å². The van der Waals surface area contributed by atoms with E-state index in [1.807, 2.05) is 30.0 Å². The zero-order valence-corrected chi connectivity index (χ0v) is 14.3. The van der Waals surface area contributed by atoms with E-state index < -0.39 is 0 Å². The molecule has 1 N–H and O–H groups in total. The molecule has 2 fully saturated rings. The average Bonchev–Trinajstić information content (AvgIpc) is 3.16. The summed E-state index contributed by atoms with van der Waals surface area (Å²) in [6.45, 7) is 9.33. The number of amides is 1. The lowest BCUT2D eigenvalue weighted by Crippen LogP contribution is -2.47. The number of rotatable bonds is 2. The van der Waals surface area contributed by atoms with Crippen LogP contribution < -0.4 is 0 Å². The number of hydrogen-bond acceptors (Lipinski definition) is 4. The van der Waals surface area contributed by atoms with E-state index in [9.17, 15) is 4.79 Å². The average molecular weight is 328 g/mol. The molecule has 1 aromatic heterocycles. The van der Waals surface area contributed by atoms with Crippen molar-refractivity contribution in [1.29, 1.82) is 0 Å². The summed E-state index contributed by atoms with van der Waals surface area (Å²) < 4.78 is 5.45. The summed E-state index contributed by atoms with van der Waals surface area (Å²) in [4.78, 5) is 25.0. The molecule has 0 radical (unpaired) electrons. The first kappa shape index (κ1) is 15.6. The molecule has 0 saturated carbocycles. The van der Waals surface area contributed by atoms with E-state index in [1.165, 1.54) is 0 Å². The van der Waals surface area contributed by atoms with Gasteiger partial charge in [-0.1, -0.05) is 6.92 Å². The van der Waals surface area contributed by atoms with Gasteiger partial charge in [0, 0.05) is 37.8 Å². The van der Waals surface area contributed by atoms with Crippen LogP contribution in [-0.2, 0) is 4.74 Å². The highest BCUT2D eigenvalue weighted by Gasteiger charge is 2.36. The van der Waals surface area contributed by atoms with Crippen LogP contribution >= 0.6 is 0 Å². The maximum Gasteiger partial charge on any atom is 0.253 e. The zero-order valence-electron chi connectivity index (χ0n) is 14.3. The molecule has 3 heterocycles. The van der Waals surface area contributed by atoms with Gasteiger partial charge in [-0.2, -0.15) is 0 Å². The van der Waals surface area contributed by atoms with Gasteiger partial charge in [-0.05, 0) is 31.0 Å². The number of aryl methyl sites for hydroxylation is 1. The van der Waals surface area contributed by atoms with Crippen molar-refractivity contribution in [1.82, 2.24) is 19.8 Å². The Morgan fingerprint density at radius 1 is 1.29 bits per heavy atom. The first-order chi connectivity index (χ1) is 11.6. The van der Waals surface area contributed by atoms with Gasteiger partial charge in [0.25, 0.3) is 5.91 Å². The Kier molecular flexibility index (Phi) is 4.02. The van der Waals surface area contributed by atoms with E-state index in [0.717, 1.165) is 61.8 Å². The van der Waals surface area contributed by atoms with Gasteiger partial charge in [0.1, 0.15) is 5.82 Å². The van der Waals surface area contributed by atoms with Gasteiger partial charge in [0.05, 0.1) is 24.2 Å². The van der Waals surface area contributed by atoms with Crippen molar-refractivity contribution >= 4 is 16.9 Å². The molecule has 2 aliphatic heterocycles. The number of ether oxygens (including phenoxy) is 1. The fourth-order valence-corrected chi connectivity index (χ4v) is 3.95. The minimum absolute atomic E-state index is 0.117. The van der Waals surface area contributed by atoms with Crippen LogP contribution in [0.2, 0.25) is 0 Å². The number of H-pyrrole nitrogens is 1. The van der Waals surface area contributed by atoms with Crippen LogP contribution in [-0.4, -0.2) is 71.1 Å². The largest absolute Gasteiger partial charge is 0.379 e. The molecule has 1 aromatic carbocycles. The van der Waals surface area contributed by atoms with Crippen molar-refractivity contribution < 1.29 is 9.53 Å². The number of carbonyl (C=O) groups is 1. The lowest BCUT2D eigenvalue weighted by atomic mass is 10.0. The van der Waals surface area contributed by atoms with Gasteiger partial charge in [0.2, 0.25) is 0 Å². The Morgan fingerprint density at radius 3 is 2.88 bits per heavy atom. The van der Waals surface area contributed by atoms with Crippen molar-refractivity contribution in [3.63, 3.8) is 0 Å². The summed E-state index contributed by atoms with van der Waals surface area (Å²) in [5, 5.41) is 0. The molecule has 2 saturated heterocycles. The van der Waals surface area contributed by atoms with Crippen molar-refractivity contribution in [2.45, 2.75) is 19.9 Å². The summed E-state index contributed by atoms with van der Waals surface area (Å²) in [6, 6.07) is 6.17. The molecular formula is C18H24N4O2. The van der Waals surface area contributed by atoms with Gasteiger partial charge < -0.3 is 14.6 Å². The third-order valence-electron chi connectivity index (χ3n) is 5.22. The fraction of sp³-hybridized carbons (Fsp3) is 0.556. The van der Waals surface area contributed by atoms with Crippen LogP contribution in [0.4, 0.5) is 0 Å². The molecule has 128 valence electrons. The highest BCUT2D eigenvalue weighted by molar-refractivity contribution is 5.97. The molecule has 0 bridgehead atoms. The third kappa shape index (κ3) is 2.80. The van der Waals surface area contributed by atoms with Crippen LogP contribution in [0.1, 0.15) is 23.1 Å². The third-order valence-corrected chi connectivity index (χ3v) is 5.22. The number of imidazole rings is 1. The molecular weight excluding hydrogens is 304 g/mol. The van der Waals surface area contributed by atoms with Crippen molar-refractivity contribution in [3.8, 4) is 0 Å². The highest BCUT2D eigenvalue weighted by atomic mass is 16.5. The van der Waals surface area contributed by atoms with E-state index in [4.69, 9.17) is 4.74 Å². The summed E-state index contributed by atoms with van der Waals surface area (Å²) in [6.07, 6.45) is 0. The number of aromatic amines is 1. The van der Waals surface area contributed by atoms with E-state index >= 15 is 0 Å². The van der Waals surface area contributed by atoms with Gasteiger partial charge in [-0.3, -0.25) is 9.69 Å². The van der Waals surface area contributed by atoms with Crippen molar-refractivity contribution in [3.05, 3.63) is 29.6 Å². The first-order valence-corrected chi connectivity index (χ1v) is 8.69. The Bertz CT molecular complexity index is 751. The van der Waals surface area contributed by atoms with E-state index in [-0.39, 0.29) is 5.91 Å². The molecule has 6 heteroatoms. The molecule has 0 aliphatic carbocycles. The zero-order chi connectivity index (χ0) is 16.7. The summed E-state index contributed by atoms with van der Waals surface area (Å²) >= 11 is 0. The number of likely N-dealkylation sites (tertiary alicyclic amines) is 1. The minimum Gasteiger partial charge on any atom is -0.379 e. The van der Waals surface area contributed by atoms with Crippen LogP contribution in [0.15, 0.2) is 18.2 Å². The van der Waals surface area contributed by atoms with Crippen LogP contribution in [0.5, 0.6) is 0 Å². The Morgan fingerprint density at radius 2 is 2.08 bits per heavy atom. The second-order valence-corrected chi connectivity index (χ2v) is 6.96. The van der Waals surface area contributed by atoms with E-state index in [0.29, 0.717) is 12.0 Å². The van der Waals surface area contributed by atoms with Gasteiger partial charge in [0.15, 0.2) is 0 Å². The van der Waals surface area contributed by atoms with Gasteiger partial charge >= 0.3 is 0 Å². The number of hydrogen-bond donors (Lipinski definition) is 1. The number of nitrogens with one attached hydrogen (secondary N) is 1. The maximum absolute atomic E-state index is 12.9. The number of carbonyl (C=O) groups excluding carboxylic acids is 1. The number of aromatic nitrogens is 2. The topological polar surface area (TPSA) is 61.5 Å². The van der Waals surface area contributed by atoms with E-state index in [1.54, 1.807) is 0 Å². The molecule has 4 rings (SSSR count). The monoisotopic (exact) mass is 328 g/mol. The molecule has 2 atom stereocenters.